The number of allylic oxidation sites excluding steroid dienone is 2. The molecule has 0 unspecified atom stereocenters. The van der Waals surface area contributed by atoms with Crippen LogP contribution in [0.5, 0.6) is 0 Å². The van der Waals surface area contributed by atoms with Gasteiger partial charge < -0.3 is 9.64 Å². The van der Waals surface area contributed by atoms with Gasteiger partial charge in [-0.1, -0.05) is 41.5 Å². The molecule has 1 aliphatic heterocycles. The van der Waals surface area contributed by atoms with Gasteiger partial charge in [-0.25, -0.2) is 0 Å². The maximum absolute atomic E-state index is 5.89. The summed E-state index contributed by atoms with van der Waals surface area (Å²) in [7, 11) is 2.16. The summed E-state index contributed by atoms with van der Waals surface area (Å²) in [4.78, 5) is 2.34. The van der Waals surface area contributed by atoms with Crippen molar-refractivity contribution in [2.24, 2.45) is 10.8 Å². The van der Waals surface area contributed by atoms with Crippen LogP contribution < -0.4 is 0 Å². The molecule has 0 saturated carbocycles. The molecule has 0 radical (unpaired) electrons. The first kappa shape index (κ1) is 12.4. The van der Waals surface area contributed by atoms with E-state index >= 15 is 0 Å². The van der Waals surface area contributed by atoms with Gasteiger partial charge in [-0.3, -0.25) is 0 Å². The van der Waals surface area contributed by atoms with Gasteiger partial charge in [-0.15, -0.1) is 0 Å². The molecule has 1 rings (SSSR count). The van der Waals surface area contributed by atoms with Gasteiger partial charge in [0.25, 0.3) is 0 Å². The summed E-state index contributed by atoms with van der Waals surface area (Å²) in [6.07, 6.45) is 0. The summed E-state index contributed by atoms with van der Waals surface area (Å²) in [6, 6.07) is 0. The fraction of sp³-hybridized carbons (Fsp3) is 0.846. The molecular formula is C13H25NO. The molecule has 0 bridgehead atoms. The van der Waals surface area contributed by atoms with Crippen LogP contribution in [-0.2, 0) is 4.74 Å². The van der Waals surface area contributed by atoms with Gasteiger partial charge in [-0.2, -0.15) is 0 Å². The average molecular weight is 211 g/mol. The minimum atomic E-state index is 0.0945. The Bertz CT molecular complexity index is 265. The number of likely N-dealkylation sites (N-methyl/N-ethyl adjacent to an activating group) is 1. The lowest BCUT2D eigenvalue weighted by Crippen LogP contribution is -2.38. The molecule has 0 aromatic rings. The van der Waals surface area contributed by atoms with Crippen molar-refractivity contribution in [3.05, 3.63) is 11.5 Å². The maximum Gasteiger partial charge on any atom is 0.121 e. The summed E-state index contributed by atoms with van der Waals surface area (Å²) >= 11 is 0. The van der Waals surface area contributed by atoms with Crippen LogP contribution in [0.3, 0.4) is 0 Å². The van der Waals surface area contributed by atoms with E-state index in [0.717, 1.165) is 18.9 Å². The highest BCUT2D eigenvalue weighted by Gasteiger charge is 2.34. The molecule has 2 heteroatoms. The van der Waals surface area contributed by atoms with E-state index in [2.05, 4.69) is 53.5 Å². The Labute approximate surface area is 94.3 Å². The van der Waals surface area contributed by atoms with Crippen LogP contribution >= 0.6 is 0 Å². The standard InChI is InChI=1S/C13H25NO/c1-12(2,3)10-11(13(4,5)6)15-9-8-14(10)7/h8-9H2,1-7H3. The van der Waals surface area contributed by atoms with Crippen LogP contribution in [0, 0.1) is 10.8 Å². The third kappa shape index (κ3) is 2.67. The summed E-state index contributed by atoms with van der Waals surface area (Å²) in [6.45, 7) is 15.2. The molecule has 0 aromatic heterocycles. The van der Waals surface area contributed by atoms with Crippen molar-refractivity contribution in [3.8, 4) is 0 Å². The van der Waals surface area contributed by atoms with E-state index in [1.165, 1.54) is 5.70 Å². The predicted molar refractivity (Wildman–Crippen MR) is 64.5 cm³/mol. The molecule has 0 saturated heterocycles. The van der Waals surface area contributed by atoms with E-state index in [9.17, 15) is 0 Å². The lowest BCUT2D eigenvalue weighted by Gasteiger charge is -2.41. The molecule has 0 aliphatic carbocycles. The molecule has 15 heavy (non-hydrogen) atoms. The van der Waals surface area contributed by atoms with Gasteiger partial charge in [-0.05, 0) is 0 Å². The predicted octanol–water partition coefficient (Wildman–Crippen LogP) is 3.25. The van der Waals surface area contributed by atoms with Crippen molar-refractivity contribution in [3.63, 3.8) is 0 Å². The van der Waals surface area contributed by atoms with E-state index in [1.54, 1.807) is 0 Å². The second-order valence-corrected chi connectivity index (χ2v) is 6.45. The molecular weight excluding hydrogens is 186 g/mol. The van der Waals surface area contributed by atoms with Gasteiger partial charge in [0.05, 0.1) is 12.2 Å². The smallest absolute Gasteiger partial charge is 0.121 e. The number of hydrogen-bond donors (Lipinski definition) is 0. The van der Waals surface area contributed by atoms with Crippen LogP contribution in [0.25, 0.3) is 0 Å². The molecule has 2 nitrogen and oxygen atoms in total. The Morgan fingerprint density at radius 3 is 1.87 bits per heavy atom. The zero-order valence-electron chi connectivity index (χ0n) is 11.3. The molecule has 1 aliphatic rings. The quantitative estimate of drug-likeness (QED) is 0.610. The van der Waals surface area contributed by atoms with Crippen LogP contribution in [0.2, 0.25) is 0 Å². The Kier molecular flexibility index (Phi) is 3.09. The van der Waals surface area contributed by atoms with E-state index < -0.39 is 0 Å². The number of ether oxygens (including phenoxy) is 1. The highest BCUT2D eigenvalue weighted by molar-refractivity contribution is 5.20. The van der Waals surface area contributed by atoms with Crippen molar-refractivity contribution in [1.29, 1.82) is 0 Å². The third-order valence-corrected chi connectivity index (χ3v) is 2.66. The SMILES string of the molecule is CN1CCOC(C(C)(C)C)=C1C(C)(C)C. The third-order valence-electron chi connectivity index (χ3n) is 2.66. The topological polar surface area (TPSA) is 12.5 Å². The van der Waals surface area contributed by atoms with Crippen molar-refractivity contribution < 1.29 is 4.74 Å². The van der Waals surface area contributed by atoms with E-state index in [0.29, 0.717) is 0 Å². The summed E-state index contributed by atoms with van der Waals surface area (Å²) in [5, 5.41) is 0. The average Bonchev–Trinajstić information content (AvgIpc) is 1.99. The Hall–Kier alpha value is -0.660. The normalized spacial score (nSPS) is 19.3. The number of rotatable bonds is 0. The first-order valence-corrected chi connectivity index (χ1v) is 5.73. The van der Waals surface area contributed by atoms with Crippen LogP contribution in [0.4, 0.5) is 0 Å². The van der Waals surface area contributed by atoms with Crippen LogP contribution in [0.1, 0.15) is 41.5 Å². The monoisotopic (exact) mass is 211 g/mol. The fourth-order valence-electron chi connectivity index (χ4n) is 2.12. The van der Waals surface area contributed by atoms with Gasteiger partial charge in [0, 0.05) is 17.9 Å². The molecule has 1 heterocycles. The summed E-state index contributed by atoms with van der Waals surface area (Å²) in [5.74, 6) is 1.16. The second kappa shape index (κ2) is 3.73. The lowest BCUT2D eigenvalue weighted by atomic mass is 9.82. The summed E-state index contributed by atoms with van der Waals surface area (Å²) in [5.41, 5.74) is 1.59. The number of nitrogens with zero attached hydrogens (tertiary/aromatic N) is 1. The molecule has 0 N–H and O–H groups in total. The number of hydrogen-bond acceptors (Lipinski definition) is 2. The van der Waals surface area contributed by atoms with Crippen LogP contribution in [0.15, 0.2) is 11.5 Å². The Morgan fingerprint density at radius 2 is 1.53 bits per heavy atom. The van der Waals surface area contributed by atoms with Gasteiger partial charge in [0.15, 0.2) is 0 Å². The van der Waals surface area contributed by atoms with E-state index in [1.807, 2.05) is 0 Å². The van der Waals surface area contributed by atoms with Crippen molar-refractivity contribution in [2.75, 3.05) is 20.2 Å². The van der Waals surface area contributed by atoms with Crippen LogP contribution in [-0.4, -0.2) is 25.1 Å². The molecule has 0 aromatic carbocycles. The second-order valence-electron chi connectivity index (χ2n) is 6.45. The van der Waals surface area contributed by atoms with Gasteiger partial charge in [0.2, 0.25) is 0 Å². The molecule has 0 spiro atoms. The van der Waals surface area contributed by atoms with Crippen molar-refractivity contribution in [1.82, 2.24) is 4.90 Å². The lowest BCUT2D eigenvalue weighted by molar-refractivity contribution is 0.0772. The van der Waals surface area contributed by atoms with Gasteiger partial charge in [0.1, 0.15) is 12.4 Å². The zero-order chi connectivity index (χ0) is 11.9. The highest BCUT2D eigenvalue weighted by Crippen LogP contribution is 2.40. The summed E-state index contributed by atoms with van der Waals surface area (Å²) < 4.78 is 5.89. The van der Waals surface area contributed by atoms with Gasteiger partial charge >= 0.3 is 0 Å². The maximum atomic E-state index is 5.89. The highest BCUT2D eigenvalue weighted by atomic mass is 16.5. The van der Waals surface area contributed by atoms with Crippen molar-refractivity contribution >= 4 is 0 Å². The van der Waals surface area contributed by atoms with Crippen molar-refractivity contribution in [2.45, 2.75) is 41.5 Å². The Morgan fingerprint density at radius 1 is 1.00 bits per heavy atom. The molecule has 0 atom stereocenters. The molecule has 0 amide bonds. The minimum absolute atomic E-state index is 0.0945. The largest absolute Gasteiger partial charge is 0.494 e. The van der Waals surface area contributed by atoms with E-state index in [4.69, 9.17) is 4.74 Å². The first-order valence-electron chi connectivity index (χ1n) is 5.73. The molecule has 88 valence electrons. The Balaban J connectivity index is 3.23. The fourth-order valence-corrected chi connectivity index (χ4v) is 2.12. The first-order chi connectivity index (χ1) is 6.64. The zero-order valence-corrected chi connectivity index (χ0v) is 11.3. The van der Waals surface area contributed by atoms with E-state index in [-0.39, 0.29) is 10.8 Å². The molecule has 0 fully saturated rings. The minimum Gasteiger partial charge on any atom is -0.494 e.